The first-order valence-electron chi connectivity index (χ1n) is 25.0. The summed E-state index contributed by atoms with van der Waals surface area (Å²) in [5, 5.41) is 38.9. The van der Waals surface area contributed by atoms with Gasteiger partial charge in [-0.15, -0.1) is 15.3 Å². The Morgan fingerprint density at radius 1 is 0.393 bits per heavy atom. The SMILES string of the molecule is Nc1nnn2cccc(-c3ccc(NC(=O)Nc4ccc(F)cc4)cc3)c12.Nc1nnn2cccc(-c3ccc(NC(=O)Nc4cccc(C(F)(F)F)c4)cc3)c12.Nc1nnn2cccc(-c3ccc(NC(=O)Nc4ccccc4F)cc3)c12. The highest BCUT2D eigenvalue weighted by molar-refractivity contribution is 6.02. The van der Waals surface area contributed by atoms with Crippen LogP contribution in [0.25, 0.3) is 49.9 Å². The van der Waals surface area contributed by atoms with Gasteiger partial charge in [0.05, 0.1) is 11.3 Å². The molecule has 6 amide bonds. The summed E-state index contributed by atoms with van der Waals surface area (Å²) >= 11 is 0. The third-order valence-corrected chi connectivity index (χ3v) is 12.4. The molecule has 6 aromatic heterocycles. The summed E-state index contributed by atoms with van der Waals surface area (Å²) < 4.78 is 69.7. The van der Waals surface area contributed by atoms with E-state index >= 15 is 0 Å². The Bertz CT molecular complexity index is 4330. The van der Waals surface area contributed by atoms with E-state index in [0.29, 0.717) is 45.7 Å². The number of urea groups is 3. The Hall–Kier alpha value is -12.0. The summed E-state index contributed by atoms with van der Waals surface area (Å²) in [4.78, 5) is 36.2. The van der Waals surface area contributed by atoms with E-state index < -0.39 is 35.7 Å². The smallest absolute Gasteiger partial charge is 0.380 e. The van der Waals surface area contributed by atoms with Gasteiger partial charge in [-0.25, -0.2) is 36.7 Å². The molecule has 0 radical (unpaired) electrons. The van der Waals surface area contributed by atoms with Crippen LogP contribution in [0.1, 0.15) is 5.56 Å². The number of benzene rings is 6. The molecule has 12 rings (SSSR count). The lowest BCUT2D eigenvalue weighted by Gasteiger charge is -2.11. The molecule has 0 aliphatic carbocycles. The van der Waals surface area contributed by atoms with E-state index in [1.54, 1.807) is 92.8 Å². The fourth-order valence-electron chi connectivity index (χ4n) is 8.55. The van der Waals surface area contributed by atoms with Crippen LogP contribution in [0.4, 0.5) is 87.9 Å². The van der Waals surface area contributed by atoms with Gasteiger partial charge in [0.25, 0.3) is 0 Å². The molecule has 0 bridgehead atoms. The molecule has 0 atom stereocenters. The summed E-state index contributed by atoms with van der Waals surface area (Å²) in [6.45, 7) is 0. The van der Waals surface area contributed by atoms with Crippen LogP contribution >= 0.6 is 0 Å². The number of rotatable bonds is 9. The molecule has 0 spiro atoms. The van der Waals surface area contributed by atoms with E-state index in [4.69, 9.17) is 17.2 Å². The van der Waals surface area contributed by atoms with E-state index in [-0.39, 0.29) is 17.2 Å². The molecule has 6 aromatic carbocycles. The number of halogens is 5. The molecule has 420 valence electrons. The zero-order chi connectivity index (χ0) is 58.9. The van der Waals surface area contributed by atoms with E-state index in [1.165, 1.54) is 48.5 Å². The van der Waals surface area contributed by atoms with Crippen molar-refractivity contribution in [2.24, 2.45) is 0 Å². The number of pyridine rings is 3. The van der Waals surface area contributed by atoms with E-state index in [1.807, 2.05) is 60.7 Å². The first kappa shape index (κ1) is 55.4. The Balaban J connectivity index is 0.000000141. The fourth-order valence-corrected chi connectivity index (χ4v) is 8.55. The van der Waals surface area contributed by atoms with E-state index in [0.717, 1.165) is 56.5 Å². The third kappa shape index (κ3) is 13.0. The summed E-state index contributed by atoms with van der Waals surface area (Å²) in [6.07, 6.45) is 0.792. The maximum absolute atomic E-state index is 13.6. The minimum absolute atomic E-state index is 0.0364. The zero-order valence-corrected chi connectivity index (χ0v) is 43.4. The normalized spacial score (nSPS) is 11.0. The molecule has 6 heterocycles. The number of carbonyl (C=O) groups excluding carboxylic acids is 3. The van der Waals surface area contributed by atoms with Crippen molar-refractivity contribution < 1.29 is 36.3 Å². The number of alkyl halides is 3. The number of aromatic nitrogens is 9. The van der Waals surface area contributed by atoms with Crippen molar-refractivity contribution in [2.75, 3.05) is 49.1 Å². The molecule has 0 fully saturated rings. The number of nitrogens with zero attached hydrogens (tertiary/aromatic N) is 9. The monoisotopic (exact) mass is 1140 g/mol. The average Bonchev–Trinajstić information content (AvgIpc) is 4.22. The molecule has 0 saturated carbocycles. The Kier molecular flexibility index (Phi) is 15.9. The zero-order valence-electron chi connectivity index (χ0n) is 43.4. The largest absolute Gasteiger partial charge is 0.416 e. The second kappa shape index (κ2) is 24.2. The maximum Gasteiger partial charge on any atom is 0.416 e. The van der Waals surface area contributed by atoms with Crippen molar-refractivity contribution in [3.8, 4) is 33.4 Å². The van der Waals surface area contributed by atoms with Crippen molar-refractivity contribution in [2.45, 2.75) is 6.18 Å². The van der Waals surface area contributed by atoms with Gasteiger partial charge in [0, 0.05) is 63.7 Å². The van der Waals surface area contributed by atoms with Gasteiger partial charge in [0.15, 0.2) is 17.5 Å². The van der Waals surface area contributed by atoms with Gasteiger partial charge in [0.1, 0.15) is 28.2 Å². The number of fused-ring (bicyclic) bond motifs is 3. The standard InChI is InChI=1S/C20H15F3N6O.2C19H15FN6O/c21-20(22,23)13-3-1-4-15(11-13)26-19(30)25-14-8-6-12(7-9-14)16-5-2-10-29-17(16)18(24)27-28-29;20-13-5-9-15(10-6-13)23-19(27)22-14-7-3-12(4-8-14)16-2-1-11-26-17(16)18(21)24-25-26;20-15-5-1-2-6-16(15)23-19(27)22-13-9-7-12(8-10-13)14-4-3-11-26-17(14)18(21)24-25-26/h1-11H,24H2,(H2,25,26,30);2*1-11H,21H2,(H2,22,23,27). The number of nitrogens with one attached hydrogen (secondary N) is 6. The molecule has 26 heteroatoms. The van der Waals surface area contributed by atoms with Crippen LogP contribution in [-0.2, 0) is 6.18 Å². The van der Waals surface area contributed by atoms with Gasteiger partial charge in [-0.05, 0) is 126 Å². The van der Waals surface area contributed by atoms with Crippen molar-refractivity contribution in [1.29, 1.82) is 0 Å². The highest BCUT2D eigenvalue weighted by atomic mass is 19.4. The van der Waals surface area contributed by atoms with E-state index in [9.17, 15) is 36.3 Å². The van der Waals surface area contributed by atoms with Gasteiger partial charge in [0.2, 0.25) is 0 Å². The number of amides is 6. The predicted molar refractivity (Wildman–Crippen MR) is 311 cm³/mol. The van der Waals surface area contributed by atoms with Crippen molar-refractivity contribution in [3.63, 3.8) is 0 Å². The molecule has 0 aliphatic rings. The van der Waals surface area contributed by atoms with Gasteiger partial charge in [-0.2, -0.15) is 13.2 Å². The summed E-state index contributed by atoms with van der Waals surface area (Å²) in [5.74, 6) is 0.139. The third-order valence-electron chi connectivity index (χ3n) is 12.4. The van der Waals surface area contributed by atoms with Gasteiger partial charge < -0.3 is 49.1 Å². The topological polar surface area (TPSA) is 292 Å². The summed E-state index contributed by atoms with van der Waals surface area (Å²) in [5.41, 5.74) is 26.5. The van der Waals surface area contributed by atoms with Crippen LogP contribution in [0.5, 0.6) is 0 Å². The average molecular weight is 1140 g/mol. The summed E-state index contributed by atoms with van der Waals surface area (Å²) in [7, 11) is 0. The first-order chi connectivity index (χ1) is 40.5. The lowest BCUT2D eigenvalue weighted by atomic mass is 10.1. The molecule has 21 nitrogen and oxygen atoms in total. The van der Waals surface area contributed by atoms with Gasteiger partial charge in [-0.3, -0.25) is 0 Å². The minimum Gasteiger partial charge on any atom is -0.380 e. The van der Waals surface area contributed by atoms with Crippen LogP contribution in [0.3, 0.4) is 0 Å². The van der Waals surface area contributed by atoms with Crippen LogP contribution in [0.15, 0.2) is 201 Å². The molecular formula is C58H45F5N18O3. The molecule has 0 unspecified atom stereocenters. The Morgan fingerprint density at radius 2 is 0.750 bits per heavy atom. The van der Waals surface area contributed by atoms with Gasteiger partial charge >= 0.3 is 24.3 Å². The number of para-hydroxylation sites is 1. The number of nitrogens with two attached hydrogens (primary N) is 3. The maximum atomic E-state index is 13.6. The lowest BCUT2D eigenvalue weighted by Crippen LogP contribution is -2.20. The molecular weight excluding hydrogens is 1090 g/mol. The van der Waals surface area contributed by atoms with E-state index in [2.05, 4.69) is 62.8 Å². The second-order valence-electron chi connectivity index (χ2n) is 18.1. The van der Waals surface area contributed by atoms with Crippen molar-refractivity contribution in [3.05, 3.63) is 218 Å². The second-order valence-corrected chi connectivity index (χ2v) is 18.1. The Labute approximate surface area is 471 Å². The van der Waals surface area contributed by atoms with Crippen LogP contribution in [0.2, 0.25) is 0 Å². The number of hydrogen-bond acceptors (Lipinski definition) is 12. The molecule has 0 aliphatic heterocycles. The predicted octanol–water partition coefficient (Wildman–Crippen LogP) is 12.2. The minimum atomic E-state index is -4.48. The fraction of sp³-hybridized carbons (Fsp3) is 0.0172. The Morgan fingerprint density at radius 3 is 1.13 bits per heavy atom. The molecule has 0 saturated heterocycles. The molecule has 12 N–H and O–H groups in total. The number of hydrogen-bond donors (Lipinski definition) is 9. The number of nitrogen functional groups attached to an aromatic ring is 3. The van der Waals surface area contributed by atoms with Crippen molar-refractivity contribution >= 4 is 86.2 Å². The first-order valence-corrected chi connectivity index (χ1v) is 25.0. The molecule has 84 heavy (non-hydrogen) atoms. The van der Waals surface area contributed by atoms with Crippen LogP contribution in [-0.4, -0.2) is 62.6 Å². The molecule has 12 aromatic rings. The lowest BCUT2D eigenvalue weighted by molar-refractivity contribution is -0.137. The highest BCUT2D eigenvalue weighted by Gasteiger charge is 2.30. The quantitative estimate of drug-likeness (QED) is 0.0610. The van der Waals surface area contributed by atoms with Crippen LogP contribution in [0, 0.1) is 11.6 Å². The van der Waals surface area contributed by atoms with Crippen LogP contribution < -0.4 is 49.1 Å². The van der Waals surface area contributed by atoms with Crippen molar-refractivity contribution in [1.82, 2.24) is 44.5 Å². The number of anilines is 9. The summed E-state index contributed by atoms with van der Waals surface area (Å²) in [6, 6.07) is 47.0. The number of carbonyl (C=O) groups is 3. The van der Waals surface area contributed by atoms with Gasteiger partial charge in [-0.1, -0.05) is 88.4 Å². The highest BCUT2D eigenvalue weighted by Crippen LogP contribution is 2.33.